The molecule has 0 aliphatic carbocycles. The van der Waals surface area contributed by atoms with Crippen LogP contribution in [0.1, 0.15) is 11.1 Å². The number of nitrogens with zero attached hydrogens (tertiary/aromatic N) is 5. The number of ether oxygens (including phenoxy) is 1. The van der Waals surface area contributed by atoms with Crippen LogP contribution in [0.2, 0.25) is 0 Å². The van der Waals surface area contributed by atoms with Crippen LogP contribution in [0.25, 0.3) is 0 Å². The highest BCUT2D eigenvalue weighted by Crippen LogP contribution is 2.17. The highest BCUT2D eigenvalue weighted by atomic mass is 19.1. The van der Waals surface area contributed by atoms with E-state index in [0.29, 0.717) is 5.56 Å². The number of rotatable bonds is 5. The van der Waals surface area contributed by atoms with Gasteiger partial charge in [-0.15, -0.1) is 0 Å². The van der Waals surface area contributed by atoms with Crippen LogP contribution in [-0.4, -0.2) is 35.3 Å². The van der Waals surface area contributed by atoms with E-state index in [1.807, 2.05) is 12.1 Å². The fraction of sp³-hybridized carbons (Fsp3) is 0.200. The zero-order valence-electron chi connectivity index (χ0n) is 12.2. The van der Waals surface area contributed by atoms with E-state index in [-0.39, 0.29) is 18.4 Å². The molecule has 0 aliphatic heterocycles. The summed E-state index contributed by atoms with van der Waals surface area (Å²) in [5.74, 6) is -0.721. The molecule has 0 saturated carbocycles. The van der Waals surface area contributed by atoms with Crippen molar-refractivity contribution < 1.29 is 9.13 Å². The van der Waals surface area contributed by atoms with Crippen LogP contribution < -0.4 is 4.74 Å². The molecular weight excluding hydrogens is 285 g/mol. The van der Waals surface area contributed by atoms with Gasteiger partial charge in [0.1, 0.15) is 6.61 Å². The van der Waals surface area contributed by atoms with E-state index in [1.165, 1.54) is 6.34 Å². The summed E-state index contributed by atoms with van der Waals surface area (Å²) in [6, 6.07) is 9.05. The van der Waals surface area contributed by atoms with Gasteiger partial charge in [-0.05, 0) is 17.7 Å². The van der Waals surface area contributed by atoms with Crippen molar-refractivity contribution in [1.29, 1.82) is 5.26 Å². The lowest BCUT2D eigenvalue weighted by atomic mass is 10.1. The summed E-state index contributed by atoms with van der Waals surface area (Å²) in [6.07, 6.45) is 2.45. The molecule has 2 aromatic rings. The van der Waals surface area contributed by atoms with Crippen molar-refractivity contribution in [3.8, 4) is 12.1 Å². The maximum Gasteiger partial charge on any atom is 0.318 e. The molecule has 0 spiro atoms. The van der Waals surface area contributed by atoms with Gasteiger partial charge < -0.3 is 9.64 Å². The van der Waals surface area contributed by atoms with E-state index < -0.39 is 5.82 Å². The molecule has 1 heterocycles. The number of aromatic nitrogens is 2. The van der Waals surface area contributed by atoms with Gasteiger partial charge in [0.25, 0.3) is 0 Å². The molecule has 6 nitrogen and oxygen atoms in total. The molecule has 2 rings (SSSR count). The molecule has 22 heavy (non-hydrogen) atoms. The van der Waals surface area contributed by atoms with Crippen LogP contribution in [0.15, 0.2) is 35.5 Å². The smallest absolute Gasteiger partial charge is 0.318 e. The van der Waals surface area contributed by atoms with Crippen LogP contribution in [0.3, 0.4) is 0 Å². The number of hydrogen-bond acceptors (Lipinski definition) is 5. The molecule has 7 heteroatoms. The van der Waals surface area contributed by atoms with Crippen molar-refractivity contribution in [2.45, 2.75) is 6.61 Å². The van der Waals surface area contributed by atoms with Gasteiger partial charge >= 0.3 is 6.01 Å². The Morgan fingerprint density at radius 3 is 3.00 bits per heavy atom. The predicted molar refractivity (Wildman–Crippen MR) is 79.3 cm³/mol. The molecule has 112 valence electrons. The minimum Gasteiger partial charge on any atom is -0.459 e. The van der Waals surface area contributed by atoms with Gasteiger partial charge in [-0.2, -0.15) is 10.2 Å². The molecule has 0 aliphatic rings. The van der Waals surface area contributed by atoms with E-state index in [2.05, 4.69) is 15.0 Å². The van der Waals surface area contributed by atoms with Crippen LogP contribution in [-0.2, 0) is 6.61 Å². The lowest BCUT2D eigenvalue weighted by Gasteiger charge is -2.06. The van der Waals surface area contributed by atoms with E-state index in [0.717, 1.165) is 11.8 Å². The molecule has 0 atom stereocenters. The third-order valence-electron chi connectivity index (χ3n) is 2.54. The monoisotopic (exact) mass is 299 g/mol. The van der Waals surface area contributed by atoms with Gasteiger partial charge in [0.05, 0.1) is 24.2 Å². The summed E-state index contributed by atoms with van der Waals surface area (Å²) < 4.78 is 18.9. The first-order chi connectivity index (χ1) is 10.6. The Balaban J connectivity index is 2.10. The van der Waals surface area contributed by atoms with Crippen molar-refractivity contribution in [3.63, 3.8) is 0 Å². The second kappa shape index (κ2) is 7.13. The van der Waals surface area contributed by atoms with E-state index in [4.69, 9.17) is 10.00 Å². The maximum absolute atomic E-state index is 13.5. The third kappa shape index (κ3) is 4.24. The van der Waals surface area contributed by atoms with Crippen LogP contribution in [0, 0.1) is 17.1 Å². The summed E-state index contributed by atoms with van der Waals surface area (Å²) in [7, 11) is 3.53. The van der Waals surface area contributed by atoms with E-state index >= 15 is 0 Å². The SMILES string of the molecule is CN(C)C=Nc1nc(OCc2cccc(C#N)c2)ncc1F. The van der Waals surface area contributed by atoms with Crippen molar-refractivity contribution >= 4 is 12.2 Å². The van der Waals surface area contributed by atoms with Crippen LogP contribution in [0.4, 0.5) is 10.2 Å². The predicted octanol–water partition coefficient (Wildman–Crippen LogP) is 2.29. The number of hydrogen-bond donors (Lipinski definition) is 0. The van der Waals surface area contributed by atoms with Gasteiger partial charge in [0.2, 0.25) is 0 Å². The van der Waals surface area contributed by atoms with Crippen molar-refractivity contribution in [2.75, 3.05) is 14.1 Å². The van der Waals surface area contributed by atoms with Crippen molar-refractivity contribution in [3.05, 3.63) is 47.4 Å². The van der Waals surface area contributed by atoms with Gasteiger partial charge in [-0.1, -0.05) is 12.1 Å². The first-order valence-electron chi connectivity index (χ1n) is 6.43. The Morgan fingerprint density at radius 1 is 1.45 bits per heavy atom. The summed E-state index contributed by atoms with van der Waals surface area (Å²) in [4.78, 5) is 13.2. The summed E-state index contributed by atoms with van der Waals surface area (Å²) in [5.41, 5.74) is 1.34. The molecular formula is C15H14FN5O. The standard InChI is InChI=1S/C15H14FN5O/c1-21(2)10-19-14-13(16)8-18-15(20-14)22-9-12-5-3-4-11(6-12)7-17/h3-6,8,10H,9H2,1-2H3. The first-order valence-corrected chi connectivity index (χ1v) is 6.43. The fourth-order valence-electron chi connectivity index (χ4n) is 1.55. The molecule has 0 fully saturated rings. The number of nitriles is 1. The minimum absolute atomic E-state index is 0.0228. The summed E-state index contributed by atoms with van der Waals surface area (Å²) >= 11 is 0. The zero-order chi connectivity index (χ0) is 15.9. The first kappa shape index (κ1) is 15.4. The Labute approximate surface area is 127 Å². The lowest BCUT2D eigenvalue weighted by Crippen LogP contribution is -2.07. The summed E-state index contributed by atoms with van der Waals surface area (Å²) in [6.45, 7) is 0.179. The molecule has 0 amide bonds. The van der Waals surface area contributed by atoms with Crippen molar-refractivity contribution in [1.82, 2.24) is 14.9 Å². The second-order valence-corrected chi connectivity index (χ2v) is 4.63. The molecule has 0 N–H and O–H groups in total. The van der Waals surface area contributed by atoms with Gasteiger partial charge in [0, 0.05) is 14.1 Å². The Morgan fingerprint density at radius 2 is 2.27 bits per heavy atom. The normalized spacial score (nSPS) is 10.5. The Kier molecular flexibility index (Phi) is 4.98. The number of aliphatic imine (C=N–C) groups is 1. The molecule has 0 radical (unpaired) electrons. The molecule has 1 aromatic carbocycles. The molecule has 0 bridgehead atoms. The highest BCUT2D eigenvalue weighted by molar-refractivity contribution is 5.59. The second-order valence-electron chi connectivity index (χ2n) is 4.63. The zero-order valence-corrected chi connectivity index (χ0v) is 12.2. The van der Waals surface area contributed by atoms with Crippen LogP contribution >= 0.6 is 0 Å². The maximum atomic E-state index is 13.5. The topological polar surface area (TPSA) is 74.4 Å². The highest BCUT2D eigenvalue weighted by Gasteiger charge is 2.07. The number of benzene rings is 1. The third-order valence-corrected chi connectivity index (χ3v) is 2.54. The van der Waals surface area contributed by atoms with E-state index in [1.54, 1.807) is 37.2 Å². The Bertz CT molecular complexity index is 724. The molecule has 0 saturated heterocycles. The molecule has 0 unspecified atom stereocenters. The van der Waals surface area contributed by atoms with Crippen molar-refractivity contribution in [2.24, 2.45) is 4.99 Å². The lowest BCUT2D eigenvalue weighted by molar-refractivity contribution is 0.279. The average Bonchev–Trinajstić information content (AvgIpc) is 2.53. The van der Waals surface area contributed by atoms with E-state index in [9.17, 15) is 4.39 Å². The molecule has 1 aromatic heterocycles. The Hall–Kier alpha value is -3.01. The van der Waals surface area contributed by atoms with Crippen LogP contribution in [0.5, 0.6) is 6.01 Å². The minimum atomic E-state index is -0.628. The summed E-state index contributed by atoms with van der Waals surface area (Å²) in [5, 5.41) is 8.84. The average molecular weight is 299 g/mol. The fourth-order valence-corrected chi connectivity index (χ4v) is 1.55. The largest absolute Gasteiger partial charge is 0.459 e. The van der Waals surface area contributed by atoms with Gasteiger partial charge in [0.15, 0.2) is 11.6 Å². The number of halogens is 1. The quantitative estimate of drug-likeness (QED) is 0.625. The van der Waals surface area contributed by atoms with Gasteiger partial charge in [-0.25, -0.2) is 14.4 Å². The van der Waals surface area contributed by atoms with Gasteiger partial charge in [-0.3, -0.25) is 0 Å².